The number of allylic oxidation sites excluding steroid dienone is 2. The van der Waals surface area contributed by atoms with Gasteiger partial charge in [0.05, 0.1) is 7.44 Å². The molecule has 0 aromatic rings. The van der Waals surface area contributed by atoms with Crippen molar-refractivity contribution in [1.82, 2.24) is 0 Å². The number of hydrogen-bond donors (Lipinski definition) is 0. The highest BCUT2D eigenvalue weighted by molar-refractivity contribution is 5.01. The van der Waals surface area contributed by atoms with E-state index >= 15 is 0 Å². The minimum atomic E-state index is 0.462. The van der Waals surface area contributed by atoms with Crippen molar-refractivity contribution in [1.29, 1.82) is 5.26 Å². The van der Waals surface area contributed by atoms with Gasteiger partial charge in [0.2, 0.25) is 0 Å². The Bertz CT molecular complexity index is 155. The summed E-state index contributed by atoms with van der Waals surface area (Å²) in [6, 6.07) is 2.32. The fraction of sp³-hybridized carbons (Fsp3) is 0.667. The fourth-order valence-electron chi connectivity index (χ4n) is 0.772. The quantitative estimate of drug-likeness (QED) is 0.423. The zero-order chi connectivity index (χ0) is 8.53. The summed E-state index contributed by atoms with van der Waals surface area (Å²) in [5.74, 6) is 0. The van der Waals surface area contributed by atoms with Gasteiger partial charge in [-0.05, 0) is 12.8 Å². The highest BCUT2D eigenvalue weighted by Gasteiger charge is 1.82. The second-order valence-electron chi connectivity index (χ2n) is 2.29. The SMILES string of the molecule is [2H]/C(=C\C#N)CCCCCC. The lowest BCUT2D eigenvalue weighted by Gasteiger charge is -1.92. The van der Waals surface area contributed by atoms with Gasteiger partial charge in [-0.3, -0.25) is 0 Å². The Balaban J connectivity index is 3.26. The summed E-state index contributed by atoms with van der Waals surface area (Å²) in [5.41, 5.74) is 0. The van der Waals surface area contributed by atoms with E-state index in [2.05, 4.69) is 6.92 Å². The molecule has 0 aliphatic carbocycles. The Morgan fingerprint density at radius 2 is 2.30 bits per heavy atom. The molecular formula is C9H15N. The zero-order valence-electron chi connectivity index (χ0n) is 7.56. The molecule has 0 radical (unpaired) electrons. The lowest BCUT2D eigenvalue weighted by molar-refractivity contribution is 0.674. The van der Waals surface area contributed by atoms with E-state index in [4.69, 9.17) is 6.63 Å². The second-order valence-corrected chi connectivity index (χ2v) is 2.29. The first-order chi connectivity index (χ1) is 5.31. The molecule has 1 heteroatoms. The first kappa shape index (κ1) is 7.34. The molecule has 0 spiro atoms. The Morgan fingerprint density at radius 1 is 1.50 bits per heavy atom. The largest absolute Gasteiger partial charge is 0.193 e. The van der Waals surface area contributed by atoms with E-state index in [1.54, 1.807) is 0 Å². The molecule has 0 aliphatic heterocycles. The van der Waals surface area contributed by atoms with Crippen LogP contribution in [-0.2, 0) is 0 Å². The van der Waals surface area contributed by atoms with Crippen molar-refractivity contribution in [2.75, 3.05) is 0 Å². The zero-order valence-corrected chi connectivity index (χ0v) is 6.56. The smallest absolute Gasteiger partial charge is 0.0908 e. The molecule has 0 saturated carbocycles. The van der Waals surface area contributed by atoms with Gasteiger partial charge in [-0.2, -0.15) is 5.26 Å². The van der Waals surface area contributed by atoms with Crippen molar-refractivity contribution < 1.29 is 1.37 Å². The summed E-state index contributed by atoms with van der Waals surface area (Å²) in [7, 11) is 0. The molecule has 0 heterocycles. The standard InChI is InChI=1S/C9H15N/c1-2-3-4-5-6-7-8-9-10/h7-8H,2-6H2,1H3/b8-7+/i7D. The Hall–Kier alpha value is -0.770. The first-order valence-corrected chi connectivity index (χ1v) is 3.86. The molecule has 0 fully saturated rings. The van der Waals surface area contributed by atoms with Crippen LogP contribution >= 0.6 is 0 Å². The first-order valence-electron chi connectivity index (χ1n) is 4.36. The highest BCUT2D eigenvalue weighted by Crippen LogP contribution is 2.02. The van der Waals surface area contributed by atoms with Gasteiger partial charge in [-0.25, -0.2) is 0 Å². The van der Waals surface area contributed by atoms with Crippen LogP contribution in [0.2, 0.25) is 0 Å². The number of nitriles is 1. The molecule has 0 saturated heterocycles. The second kappa shape index (κ2) is 8.23. The maximum absolute atomic E-state index is 8.19. The number of hydrogen-bond acceptors (Lipinski definition) is 1. The summed E-state index contributed by atoms with van der Waals surface area (Å²) in [6.45, 7) is 2.16. The molecule has 0 rings (SSSR count). The Labute approximate surface area is 64.8 Å². The van der Waals surface area contributed by atoms with E-state index in [9.17, 15) is 0 Å². The van der Waals surface area contributed by atoms with E-state index in [0.29, 0.717) is 6.05 Å². The molecule has 0 aliphatic rings. The Morgan fingerprint density at radius 3 is 2.90 bits per heavy atom. The van der Waals surface area contributed by atoms with E-state index in [0.717, 1.165) is 12.8 Å². The van der Waals surface area contributed by atoms with E-state index in [1.165, 1.54) is 25.3 Å². The third-order valence-electron chi connectivity index (χ3n) is 1.34. The summed E-state index contributed by atoms with van der Waals surface area (Å²) in [4.78, 5) is 0. The molecule has 0 aromatic carbocycles. The average molecular weight is 138 g/mol. The summed E-state index contributed by atoms with van der Waals surface area (Å²) >= 11 is 0. The van der Waals surface area contributed by atoms with Gasteiger partial charge in [0.25, 0.3) is 0 Å². The van der Waals surface area contributed by atoms with Crippen molar-refractivity contribution in [3.05, 3.63) is 12.1 Å². The van der Waals surface area contributed by atoms with Crippen molar-refractivity contribution in [3.8, 4) is 6.07 Å². The topological polar surface area (TPSA) is 23.8 Å². The van der Waals surface area contributed by atoms with Crippen molar-refractivity contribution in [3.63, 3.8) is 0 Å². The van der Waals surface area contributed by atoms with E-state index in [1.807, 2.05) is 6.07 Å². The Kier molecular flexibility index (Phi) is 6.04. The van der Waals surface area contributed by atoms with Crippen LogP contribution in [0, 0.1) is 11.3 Å². The van der Waals surface area contributed by atoms with Crippen LogP contribution in [0.3, 0.4) is 0 Å². The number of rotatable bonds is 5. The van der Waals surface area contributed by atoms with Crippen LogP contribution in [0.4, 0.5) is 0 Å². The number of unbranched alkanes of at least 4 members (excludes halogenated alkanes) is 3. The average Bonchev–Trinajstić information content (AvgIpc) is 1.99. The van der Waals surface area contributed by atoms with Crippen LogP contribution in [-0.4, -0.2) is 0 Å². The summed E-state index contributed by atoms with van der Waals surface area (Å²) in [5, 5.41) is 8.19. The molecule has 0 atom stereocenters. The molecule has 0 aromatic heterocycles. The van der Waals surface area contributed by atoms with E-state index in [-0.39, 0.29) is 0 Å². The van der Waals surface area contributed by atoms with Gasteiger partial charge >= 0.3 is 0 Å². The predicted octanol–water partition coefficient (Wildman–Crippen LogP) is 3.04. The fourth-order valence-corrected chi connectivity index (χ4v) is 0.772. The molecule has 0 amide bonds. The normalized spacial score (nSPS) is 12.4. The van der Waals surface area contributed by atoms with Crippen LogP contribution in [0.25, 0.3) is 0 Å². The van der Waals surface area contributed by atoms with Gasteiger partial charge in [0.15, 0.2) is 0 Å². The van der Waals surface area contributed by atoms with Crippen LogP contribution in [0.15, 0.2) is 12.1 Å². The molecule has 0 unspecified atom stereocenters. The predicted molar refractivity (Wildman–Crippen MR) is 43.5 cm³/mol. The molecular weight excluding hydrogens is 122 g/mol. The summed E-state index contributed by atoms with van der Waals surface area (Å²) in [6.07, 6.45) is 6.75. The van der Waals surface area contributed by atoms with Crippen molar-refractivity contribution >= 4 is 0 Å². The third kappa shape index (κ3) is 7.23. The van der Waals surface area contributed by atoms with Crippen molar-refractivity contribution in [2.24, 2.45) is 0 Å². The van der Waals surface area contributed by atoms with Gasteiger partial charge < -0.3 is 0 Å². The number of nitrogens with zero attached hydrogens (tertiary/aromatic N) is 1. The van der Waals surface area contributed by atoms with Crippen molar-refractivity contribution in [2.45, 2.75) is 39.0 Å². The van der Waals surface area contributed by atoms with Gasteiger partial charge in [0.1, 0.15) is 0 Å². The van der Waals surface area contributed by atoms with Gasteiger partial charge in [-0.15, -0.1) is 0 Å². The van der Waals surface area contributed by atoms with Crippen LogP contribution in [0.1, 0.15) is 40.4 Å². The molecule has 1 nitrogen and oxygen atoms in total. The highest BCUT2D eigenvalue weighted by atomic mass is 14.2. The molecule has 10 heavy (non-hydrogen) atoms. The lowest BCUT2D eigenvalue weighted by Crippen LogP contribution is -1.72. The molecule has 56 valence electrons. The van der Waals surface area contributed by atoms with Gasteiger partial charge in [0, 0.05) is 6.08 Å². The minimum absolute atomic E-state index is 0.462. The third-order valence-corrected chi connectivity index (χ3v) is 1.34. The minimum Gasteiger partial charge on any atom is -0.193 e. The lowest BCUT2D eigenvalue weighted by atomic mass is 10.1. The molecule has 0 bridgehead atoms. The maximum atomic E-state index is 8.19. The summed E-state index contributed by atoms with van der Waals surface area (Å²) < 4.78 is 7.25. The monoisotopic (exact) mass is 138 g/mol. The maximum Gasteiger partial charge on any atom is 0.0908 e. The van der Waals surface area contributed by atoms with Gasteiger partial charge in [-0.1, -0.05) is 32.2 Å². The van der Waals surface area contributed by atoms with Crippen LogP contribution < -0.4 is 0 Å². The van der Waals surface area contributed by atoms with E-state index < -0.39 is 0 Å². The van der Waals surface area contributed by atoms with Crippen LogP contribution in [0.5, 0.6) is 0 Å². The molecule has 0 N–H and O–H groups in total.